The number of fused-ring (bicyclic) bond motifs is 7. The summed E-state index contributed by atoms with van der Waals surface area (Å²) < 4.78 is 0. The second-order valence-electron chi connectivity index (χ2n) is 14.3. The lowest BCUT2D eigenvalue weighted by molar-refractivity contribution is -0.235. The third kappa shape index (κ3) is 2.69. The fourth-order valence-electron chi connectivity index (χ4n) is 11.3. The summed E-state index contributed by atoms with van der Waals surface area (Å²) in [4.78, 5) is 25.7. The molecular formula is C30H46O3. The number of ketones is 1. The molecule has 5 rings (SSSR count). The molecule has 0 radical (unpaired) electrons. The zero-order chi connectivity index (χ0) is 24.2. The molecule has 5 saturated carbocycles. The van der Waals surface area contributed by atoms with Gasteiger partial charge in [-0.3, -0.25) is 9.59 Å². The molecule has 0 heterocycles. The number of allylic oxidation sites excluding steroid dienone is 1. The van der Waals surface area contributed by atoms with Crippen LogP contribution >= 0.6 is 0 Å². The van der Waals surface area contributed by atoms with Gasteiger partial charge in [-0.2, -0.15) is 0 Å². The van der Waals surface area contributed by atoms with Crippen LogP contribution in [-0.2, 0) is 9.59 Å². The monoisotopic (exact) mass is 454 g/mol. The summed E-state index contributed by atoms with van der Waals surface area (Å²) in [7, 11) is 0. The predicted molar refractivity (Wildman–Crippen MR) is 132 cm³/mol. The molecule has 9 atom stereocenters. The van der Waals surface area contributed by atoms with Crippen LogP contribution in [0.1, 0.15) is 106 Å². The lowest BCUT2D eigenvalue weighted by atomic mass is 9.32. The Balaban J connectivity index is 1.57. The van der Waals surface area contributed by atoms with Crippen molar-refractivity contribution in [2.45, 2.75) is 106 Å². The van der Waals surface area contributed by atoms with Gasteiger partial charge in [0.25, 0.3) is 0 Å². The van der Waals surface area contributed by atoms with Gasteiger partial charge in [0, 0.05) is 11.8 Å². The van der Waals surface area contributed by atoms with E-state index in [1.807, 2.05) is 0 Å². The average Bonchev–Trinajstić information content (AvgIpc) is 3.13. The van der Waals surface area contributed by atoms with Crippen molar-refractivity contribution in [2.24, 2.45) is 56.7 Å². The molecule has 0 bridgehead atoms. The smallest absolute Gasteiger partial charge is 0.309 e. The first-order valence-electron chi connectivity index (χ1n) is 13.7. The summed E-state index contributed by atoms with van der Waals surface area (Å²) in [5.74, 6) is 2.07. The van der Waals surface area contributed by atoms with Gasteiger partial charge in [0.1, 0.15) is 5.78 Å². The van der Waals surface area contributed by atoms with Gasteiger partial charge in [0.05, 0.1) is 5.41 Å². The first-order chi connectivity index (χ1) is 15.3. The van der Waals surface area contributed by atoms with Gasteiger partial charge in [0.15, 0.2) is 0 Å². The van der Waals surface area contributed by atoms with Crippen LogP contribution in [0.3, 0.4) is 0 Å². The Bertz CT molecular complexity index is 902. The van der Waals surface area contributed by atoms with Crippen molar-refractivity contribution in [1.82, 2.24) is 0 Å². The Morgan fingerprint density at radius 3 is 2.21 bits per heavy atom. The highest BCUT2D eigenvalue weighted by molar-refractivity contribution is 5.85. The Kier molecular flexibility index (Phi) is 4.99. The standard InChI is InChI=1S/C30H46O3/c1-18(2)19-10-15-30(25(32)33)17-16-28(6)20(24(19)30)8-9-22-27(5)13-12-23(31)26(3,4)21(27)11-14-29(22,28)7/h19-22,24H,1,8-17H2,2-7H3,(H,32,33)/t19-,20+,21+,22-,24+,27-,28+,29-,30-/m0/s1. The zero-order valence-electron chi connectivity index (χ0n) is 21.9. The van der Waals surface area contributed by atoms with E-state index in [0.717, 1.165) is 51.4 Å². The first-order valence-corrected chi connectivity index (χ1v) is 13.7. The van der Waals surface area contributed by atoms with Crippen molar-refractivity contribution in [3.63, 3.8) is 0 Å². The van der Waals surface area contributed by atoms with E-state index in [-0.39, 0.29) is 27.6 Å². The first kappa shape index (κ1) is 23.6. The van der Waals surface area contributed by atoms with Crippen LogP contribution in [0, 0.1) is 56.7 Å². The van der Waals surface area contributed by atoms with E-state index in [4.69, 9.17) is 0 Å². The number of carboxylic acids is 1. The Morgan fingerprint density at radius 1 is 0.879 bits per heavy atom. The molecule has 5 fully saturated rings. The van der Waals surface area contributed by atoms with Gasteiger partial charge in [-0.25, -0.2) is 0 Å². The van der Waals surface area contributed by atoms with Crippen molar-refractivity contribution in [1.29, 1.82) is 0 Å². The number of aliphatic carboxylic acids is 1. The van der Waals surface area contributed by atoms with Crippen LogP contribution in [0.15, 0.2) is 12.2 Å². The largest absolute Gasteiger partial charge is 0.481 e. The third-order valence-corrected chi connectivity index (χ3v) is 13.2. The van der Waals surface area contributed by atoms with Crippen molar-refractivity contribution >= 4 is 11.8 Å². The minimum absolute atomic E-state index is 0.164. The predicted octanol–water partition coefficient (Wildman–Crippen LogP) is 7.30. The van der Waals surface area contributed by atoms with Crippen LogP contribution in [0.4, 0.5) is 0 Å². The van der Waals surface area contributed by atoms with E-state index in [1.165, 1.54) is 18.4 Å². The molecule has 0 amide bonds. The molecular weight excluding hydrogens is 408 g/mol. The SMILES string of the molecule is C=C(C)[C@@H]1CC[C@]2(C(=O)O)CC[C@]3(C)[C@H](CC[C@H]4[C@@]5(C)CCC(=O)C(C)(C)[C@H]5CC[C@@]43C)[C@@H]12. The number of Topliss-reactive ketones (excluding diaryl/α,β-unsaturated/α-hetero) is 1. The molecule has 33 heavy (non-hydrogen) atoms. The molecule has 0 spiro atoms. The highest BCUT2D eigenvalue weighted by Crippen LogP contribution is 2.77. The van der Waals surface area contributed by atoms with Crippen LogP contribution in [0.25, 0.3) is 0 Å². The lowest BCUT2D eigenvalue weighted by Gasteiger charge is -2.72. The molecule has 5 aliphatic carbocycles. The number of rotatable bonds is 2. The highest BCUT2D eigenvalue weighted by atomic mass is 16.4. The summed E-state index contributed by atoms with van der Waals surface area (Å²) in [5, 5.41) is 10.5. The molecule has 5 aliphatic rings. The molecule has 0 aromatic rings. The molecule has 3 heteroatoms. The van der Waals surface area contributed by atoms with Gasteiger partial charge in [-0.05, 0) is 111 Å². The molecule has 0 unspecified atom stereocenters. The van der Waals surface area contributed by atoms with Crippen molar-refractivity contribution in [2.75, 3.05) is 0 Å². The van der Waals surface area contributed by atoms with E-state index in [2.05, 4.69) is 48.1 Å². The summed E-state index contributed by atoms with van der Waals surface area (Å²) in [6.07, 6.45) is 10.1. The average molecular weight is 455 g/mol. The quantitative estimate of drug-likeness (QED) is 0.445. The molecule has 0 aromatic heterocycles. The Morgan fingerprint density at radius 2 is 1.58 bits per heavy atom. The number of carboxylic acid groups (broad SMARTS) is 1. The van der Waals surface area contributed by atoms with E-state index < -0.39 is 11.4 Å². The topological polar surface area (TPSA) is 54.4 Å². The third-order valence-electron chi connectivity index (χ3n) is 13.2. The van der Waals surface area contributed by atoms with Gasteiger partial charge >= 0.3 is 5.97 Å². The van der Waals surface area contributed by atoms with Crippen molar-refractivity contribution < 1.29 is 14.7 Å². The molecule has 3 nitrogen and oxygen atoms in total. The number of hydrogen-bond donors (Lipinski definition) is 1. The minimum Gasteiger partial charge on any atom is -0.481 e. The number of carbonyl (C=O) groups excluding carboxylic acids is 1. The van der Waals surface area contributed by atoms with Crippen LogP contribution in [0.2, 0.25) is 0 Å². The lowest BCUT2D eigenvalue weighted by Crippen LogP contribution is -2.66. The van der Waals surface area contributed by atoms with E-state index in [1.54, 1.807) is 0 Å². The maximum Gasteiger partial charge on any atom is 0.309 e. The highest BCUT2D eigenvalue weighted by Gasteiger charge is 2.72. The summed E-state index contributed by atoms with van der Waals surface area (Å²) in [6.45, 7) is 18.5. The summed E-state index contributed by atoms with van der Waals surface area (Å²) in [6, 6.07) is 0. The molecule has 1 N–H and O–H groups in total. The summed E-state index contributed by atoms with van der Waals surface area (Å²) in [5.41, 5.74) is 1.03. The number of carbonyl (C=O) groups is 2. The molecule has 184 valence electrons. The van der Waals surface area contributed by atoms with E-state index in [9.17, 15) is 14.7 Å². The van der Waals surface area contributed by atoms with Gasteiger partial charge < -0.3 is 5.11 Å². The second kappa shape index (κ2) is 6.97. The van der Waals surface area contributed by atoms with Crippen LogP contribution in [0.5, 0.6) is 0 Å². The van der Waals surface area contributed by atoms with E-state index in [0.29, 0.717) is 29.5 Å². The maximum atomic E-state index is 12.9. The minimum atomic E-state index is -0.547. The fourth-order valence-corrected chi connectivity index (χ4v) is 11.3. The van der Waals surface area contributed by atoms with Gasteiger partial charge in [-0.1, -0.05) is 46.8 Å². The van der Waals surface area contributed by atoms with Crippen LogP contribution < -0.4 is 0 Å². The molecule has 0 saturated heterocycles. The summed E-state index contributed by atoms with van der Waals surface area (Å²) >= 11 is 0. The molecule has 0 aliphatic heterocycles. The van der Waals surface area contributed by atoms with Gasteiger partial charge in [-0.15, -0.1) is 0 Å². The van der Waals surface area contributed by atoms with Crippen molar-refractivity contribution in [3.8, 4) is 0 Å². The Labute approximate surface area is 201 Å². The van der Waals surface area contributed by atoms with Gasteiger partial charge in [0.2, 0.25) is 0 Å². The second-order valence-corrected chi connectivity index (χ2v) is 14.3. The molecule has 0 aromatic carbocycles. The van der Waals surface area contributed by atoms with E-state index >= 15 is 0 Å². The Hall–Kier alpha value is -1.12. The van der Waals surface area contributed by atoms with Crippen molar-refractivity contribution in [3.05, 3.63) is 12.2 Å². The zero-order valence-corrected chi connectivity index (χ0v) is 21.9. The number of hydrogen-bond acceptors (Lipinski definition) is 2. The van der Waals surface area contributed by atoms with Crippen LogP contribution in [-0.4, -0.2) is 16.9 Å². The normalized spacial score (nSPS) is 52.8. The fraction of sp³-hybridized carbons (Fsp3) is 0.867. The maximum absolute atomic E-state index is 12.9.